The molecule has 1 aromatic carbocycles. The smallest absolute Gasteiger partial charge is 0.253 e. The normalized spacial score (nSPS) is 20.3. The van der Waals surface area contributed by atoms with Crippen molar-refractivity contribution in [3.63, 3.8) is 0 Å². The predicted octanol–water partition coefficient (Wildman–Crippen LogP) is 1.25. The number of carbonyl (C=O) groups excluding carboxylic acids is 1. The largest absolute Gasteiger partial charge is 0.370 e. The number of tetrazole rings is 1. The molecule has 2 fully saturated rings. The summed E-state index contributed by atoms with van der Waals surface area (Å²) in [5.74, 6) is -0.309. The molecule has 2 aromatic heterocycles. The fourth-order valence-corrected chi connectivity index (χ4v) is 4.73. The van der Waals surface area contributed by atoms with Gasteiger partial charge in [0.05, 0.1) is 30.2 Å². The molecular weight excluding hydrogens is 477 g/mol. The van der Waals surface area contributed by atoms with Gasteiger partial charge in [-0.25, -0.2) is 14.4 Å². The number of benzene rings is 1. The zero-order valence-corrected chi connectivity index (χ0v) is 19.6. The van der Waals surface area contributed by atoms with Gasteiger partial charge in [0.2, 0.25) is 5.91 Å². The first-order valence-corrected chi connectivity index (χ1v) is 11.4. The van der Waals surface area contributed by atoms with E-state index in [2.05, 4.69) is 30.4 Å². The predicted molar refractivity (Wildman–Crippen MR) is 120 cm³/mol. The highest BCUT2D eigenvalue weighted by molar-refractivity contribution is 6.32. The summed E-state index contributed by atoms with van der Waals surface area (Å²) in [4.78, 5) is 25.8. The lowest BCUT2D eigenvalue weighted by molar-refractivity contribution is -0.139. The molecule has 2 aliphatic heterocycles. The number of aromatic nitrogens is 6. The highest BCUT2D eigenvalue weighted by Gasteiger charge is 2.36. The number of fused-ring (bicyclic) bond motifs is 1. The van der Waals surface area contributed by atoms with Crippen molar-refractivity contribution in [1.82, 2.24) is 40.0 Å². The summed E-state index contributed by atoms with van der Waals surface area (Å²) in [6.07, 6.45) is 2.86. The van der Waals surface area contributed by atoms with E-state index in [0.717, 1.165) is 5.56 Å². The molecule has 0 bridgehead atoms. The Balaban J connectivity index is 1.21. The first-order chi connectivity index (χ1) is 16.9. The maximum absolute atomic E-state index is 13.8. The highest BCUT2D eigenvalue weighted by atomic mass is 35.5. The van der Waals surface area contributed by atoms with Gasteiger partial charge >= 0.3 is 0 Å². The Bertz CT molecular complexity index is 1300. The van der Waals surface area contributed by atoms with Crippen molar-refractivity contribution in [1.29, 1.82) is 5.26 Å². The number of halogens is 2. The van der Waals surface area contributed by atoms with Crippen LogP contribution >= 0.6 is 11.6 Å². The molecule has 5 rings (SSSR count). The molecule has 0 N–H and O–H groups in total. The first-order valence-electron chi connectivity index (χ1n) is 11.0. The maximum atomic E-state index is 13.8. The lowest BCUT2D eigenvalue weighted by Gasteiger charge is -2.46. The van der Waals surface area contributed by atoms with Crippen LogP contribution in [0.5, 0.6) is 0 Å². The average Bonchev–Trinajstić information content (AvgIpc) is 3.40. The summed E-state index contributed by atoms with van der Waals surface area (Å²) >= 11 is 6.28. The van der Waals surface area contributed by atoms with E-state index >= 15 is 0 Å². The van der Waals surface area contributed by atoms with Gasteiger partial charge in [-0.05, 0) is 23.4 Å². The van der Waals surface area contributed by atoms with Gasteiger partial charge in [-0.2, -0.15) is 9.94 Å². The third kappa shape index (κ3) is 4.58. The summed E-state index contributed by atoms with van der Waals surface area (Å²) in [7, 11) is 0. The Hall–Kier alpha value is -3.53. The SMILES string of the molecule is Cc1nc(-n2cnnn2)ncc1CC(=O)N1CCN2C[C@@H](c3ccc(F)c(C#N)c3Cl)OC[C@H]2C1. The Morgan fingerprint density at radius 1 is 1.34 bits per heavy atom. The van der Waals surface area contributed by atoms with Crippen molar-refractivity contribution in [2.24, 2.45) is 0 Å². The summed E-state index contributed by atoms with van der Waals surface area (Å²) in [5, 5.41) is 20.2. The Morgan fingerprint density at radius 3 is 2.94 bits per heavy atom. The third-order valence-electron chi connectivity index (χ3n) is 6.39. The van der Waals surface area contributed by atoms with Crippen LogP contribution in [0, 0.1) is 24.1 Å². The molecule has 2 aliphatic rings. The van der Waals surface area contributed by atoms with Gasteiger partial charge in [-0.3, -0.25) is 9.69 Å². The van der Waals surface area contributed by atoms with E-state index in [-0.39, 0.29) is 35.1 Å². The minimum absolute atomic E-state index is 0.00566. The first kappa shape index (κ1) is 23.2. The standard InChI is InChI=1S/C22H21ClFN9O2/c1-13-14(8-26-22(28-13)33-12-27-29-30-33)6-20(34)32-5-4-31-10-19(35-11-15(31)9-32)16-2-3-18(24)17(7-25)21(16)23/h2-3,8,12,15,19H,4-6,9-11H2,1H3/t15-,19+/m1/s1. The van der Waals surface area contributed by atoms with Crippen molar-refractivity contribution < 1.29 is 13.9 Å². The van der Waals surface area contributed by atoms with Crippen molar-refractivity contribution in [2.45, 2.75) is 25.5 Å². The number of rotatable bonds is 4. The molecule has 0 radical (unpaired) electrons. The van der Waals surface area contributed by atoms with E-state index in [0.29, 0.717) is 50.0 Å². The van der Waals surface area contributed by atoms with Crippen LogP contribution in [0.2, 0.25) is 5.02 Å². The van der Waals surface area contributed by atoms with Gasteiger partial charge < -0.3 is 9.64 Å². The van der Waals surface area contributed by atoms with Gasteiger partial charge in [0.1, 0.15) is 23.8 Å². The molecule has 3 aromatic rings. The number of hydrogen-bond acceptors (Lipinski definition) is 9. The van der Waals surface area contributed by atoms with Crippen molar-refractivity contribution in [3.8, 4) is 12.0 Å². The molecule has 180 valence electrons. The van der Waals surface area contributed by atoms with E-state index in [1.54, 1.807) is 12.3 Å². The van der Waals surface area contributed by atoms with Crippen molar-refractivity contribution >= 4 is 17.5 Å². The fraction of sp³-hybridized carbons (Fsp3) is 0.409. The number of carbonyl (C=O) groups is 1. The van der Waals surface area contributed by atoms with Gasteiger partial charge in [-0.15, -0.1) is 5.10 Å². The Kier molecular flexibility index (Phi) is 6.38. The van der Waals surface area contributed by atoms with E-state index in [1.807, 2.05) is 17.9 Å². The minimum Gasteiger partial charge on any atom is -0.370 e. The van der Waals surface area contributed by atoms with Crippen LogP contribution in [0.15, 0.2) is 24.7 Å². The molecular formula is C22H21ClFN9O2. The lowest BCUT2D eigenvalue weighted by atomic mass is 10.0. The second kappa shape index (κ2) is 9.61. The molecule has 0 saturated carbocycles. The van der Waals surface area contributed by atoms with Crippen LogP contribution in [0.3, 0.4) is 0 Å². The molecule has 1 amide bonds. The number of amides is 1. The van der Waals surface area contributed by atoms with E-state index in [9.17, 15) is 14.4 Å². The zero-order valence-electron chi connectivity index (χ0n) is 18.8. The maximum Gasteiger partial charge on any atom is 0.253 e. The average molecular weight is 498 g/mol. The molecule has 0 aliphatic carbocycles. The number of nitrogens with zero attached hydrogens (tertiary/aromatic N) is 9. The summed E-state index contributed by atoms with van der Waals surface area (Å²) in [6, 6.07) is 4.66. The molecule has 13 heteroatoms. The van der Waals surface area contributed by atoms with Gasteiger partial charge in [-0.1, -0.05) is 17.7 Å². The number of nitriles is 1. The van der Waals surface area contributed by atoms with Crippen LogP contribution < -0.4 is 0 Å². The molecule has 11 nitrogen and oxygen atoms in total. The third-order valence-corrected chi connectivity index (χ3v) is 6.80. The minimum atomic E-state index is -0.646. The Morgan fingerprint density at radius 2 is 2.20 bits per heavy atom. The molecule has 0 unspecified atom stereocenters. The molecule has 2 atom stereocenters. The lowest BCUT2D eigenvalue weighted by Crippen LogP contribution is -2.59. The number of morpholine rings is 1. The molecule has 4 heterocycles. The molecule has 0 spiro atoms. The van der Waals surface area contributed by atoms with Crippen LogP contribution in [0.4, 0.5) is 4.39 Å². The topological polar surface area (TPSA) is 126 Å². The number of ether oxygens (including phenoxy) is 1. The fourth-order valence-electron chi connectivity index (χ4n) is 4.41. The van der Waals surface area contributed by atoms with Crippen LogP contribution in [-0.4, -0.2) is 84.7 Å². The van der Waals surface area contributed by atoms with Crippen LogP contribution in [0.25, 0.3) is 5.95 Å². The van der Waals surface area contributed by atoms with E-state index in [4.69, 9.17) is 16.3 Å². The van der Waals surface area contributed by atoms with Crippen molar-refractivity contribution in [2.75, 3.05) is 32.8 Å². The highest BCUT2D eigenvalue weighted by Crippen LogP contribution is 2.34. The number of piperazine rings is 1. The van der Waals surface area contributed by atoms with Gasteiger partial charge in [0.25, 0.3) is 5.95 Å². The second-order valence-corrected chi connectivity index (χ2v) is 8.84. The van der Waals surface area contributed by atoms with Crippen LogP contribution in [-0.2, 0) is 16.0 Å². The quantitative estimate of drug-likeness (QED) is 0.523. The van der Waals surface area contributed by atoms with E-state index < -0.39 is 5.82 Å². The Labute approximate surface area is 205 Å². The summed E-state index contributed by atoms with van der Waals surface area (Å²) < 4.78 is 21.2. The van der Waals surface area contributed by atoms with Gasteiger partial charge in [0, 0.05) is 49.2 Å². The molecule has 35 heavy (non-hydrogen) atoms. The second-order valence-electron chi connectivity index (χ2n) is 8.46. The number of aryl methyl sites for hydroxylation is 1. The van der Waals surface area contributed by atoms with E-state index in [1.165, 1.54) is 17.1 Å². The van der Waals surface area contributed by atoms with Crippen molar-refractivity contribution in [3.05, 3.63) is 57.9 Å². The van der Waals surface area contributed by atoms with Crippen LogP contribution in [0.1, 0.15) is 28.5 Å². The number of hydrogen-bond donors (Lipinski definition) is 0. The van der Waals surface area contributed by atoms with Gasteiger partial charge in [0.15, 0.2) is 0 Å². The molecule has 2 saturated heterocycles. The summed E-state index contributed by atoms with van der Waals surface area (Å²) in [5.41, 5.74) is 1.86. The summed E-state index contributed by atoms with van der Waals surface area (Å²) in [6.45, 7) is 4.55. The monoisotopic (exact) mass is 497 g/mol. The zero-order chi connectivity index (χ0) is 24.5.